The van der Waals surface area contributed by atoms with Crippen molar-refractivity contribution in [2.45, 2.75) is 27.0 Å². The molecule has 0 fully saturated rings. The van der Waals surface area contributed by atoms with Crippen LogP contribution < -0.4 is 10.1 Å². The van der Waals surface area contributed by atoms with Gasteiger partial charge in [0.05, 0.1) is 5.69 Å². The van der Waals surface area contributed by atoms with Gasteiger partial charge >= 0.3 is 0 Å². The zero-order chi connectivity index (χ0) is 23.0. The highest BCUT2D eigenvalue weighted by atomic mass is 16.5. The van der Waals surface area contributed by atoms with Crippen molar-refractivity contribution < 1.29 is 9.53 Å². The van der Waals surface area contributed by atoms with E-state index in [2.05, 4.69) is 20.4 Å². The van der Waals surface area contributed by atoms with Gasteiger partial charge in [0.15, 0.2) is 5.82 Å². The molecule has 0 aliphatic carbocycles. The summed E-state index contributed by atoms with van der Waals surface area (Å²) in [5.74, 6) is 1.34. The number of hydrogen-bond acceptors (Lipinski definition) is 5. The van der Waals surface area contributed by atoms with Gasteiger partial charge in [0.1, 0.15) is 12.4 Å². The Hall–Kier alpha value is -4.26. The number of carbonyl (C=O) groups excluding carboxylic acids is 1. The molecule has 0 radical (unpaired) electrons. The number of carbonyl (C=O) groups is 1. The lowest BCUT2D eigenvalue weighted by Gasteiger charge is -2.06. The summed E-state index contributed by atoms with van der Waals surface area (Å²) in [5, 5.41) is 7.31. The molecule has 0 aliphatic rings. The van der Waals surface area contributed by atoms with Gasteiger partial charge in [-0.25, -0.2) is 9.67 Å². The second-order valence-electron chi connectivity index (χ2n) is 7.63. The van der Waals surface area contributed by atoms with Crippen molar-refractivity contribution in [3.8, 4) is 11.6 Å². The predicted molar refractivity (Wildman–Crippen MR) is 127 cm³/mol. The molecule has 0 bridgehead atoms. The molecule has 3 aromatic heterocycles. The van der Waals surface area contributed by atoms with E-state index < -0.39 is 0 Å². The van der Waals surface area contributed by atoms with E-state index in [1.54, 1.807) is 29.3 Å². The summed E-state index contributed by atoms with van der Waals surface area (Å²) < 4.78 is 7.55. The molecular formula is C26H25N5O2. The molecule has 166 valence electrons. The van der Waals surface area contributed by atoms with E-state index in [1.165, 1.54) is 6.08 Å². The molecule has 4 rings (SSSR count). The summed E-state index contributed by atoms with van der Waals surface area (Å²) in [5.41, 5.74) is 4.81. The molecule has 0 saturated carbocycles. The Morgan fingerprint density at radius 3 is 2.58 bits per heavy atom. The minimum absolute atomic E-state index is 0.172. The summed E-state index contributed by atoms with van der Waals surface area (Å²) in [6.07, 6.45) is 8.55. The van der Waals surface area contributed by atoms with Crippen LogP contribution in [0.4, 0.5) is 0 Å². The average molecular weight is 440 g/mol. The zero-order valence-electron chi connectivity index (χ0n) is 18.6. The summed E-state index contributed by atoms with van der Waals surface area (Å²) in [4.78, 5) is 20.7. The van der Waals surface area contributed by atoms with E-state index in [-0.39, 0.29) is 5.91 Å². The quantitative estimate of drug-likeness (QED) is 0.417. The Kier molecular flexibility index (Phi) is 6.90. The fraction of sp³-hybridized carbons (Fsp3) is 0.154. The van der Waals surface area contributed by atoms with Crippen molar-refractivity contribution in [3.05, 3.63) is 107 Å². The first-order valence-electron chi connectivity index (χ1n) is 10.6. The molecule has 0 aliphatic heterocycles. The Labute approximate surface area is 192 Å². The van der Waals surface area contributed by atoms with E-state index >= 15 is 0 Å². The molecule has 1 N–H and O–H groups in total. The number of nitrogens with zero attached hydrogens (tertiary/aromatic N) is 4. The minimum atomic E-state index is -0.172. The number of benzene rings is 1. The normalized spacial score (nSPS) is 11.0. The number of pyridine rings is 2. The van der Waals surface area contributed by atoms with E-state index in [0.29, 0.717) is 13.2 Å². The highest BCUT2D eigenvalue weighted by molar-refractivity contribution is 5.91. The SMILES string of the molecule is Cc1cc(C)n(-c2ccc(CNC(=O)/C=C/c3ccc(OCc4cccnc4)cc3)cn2)n1. The fourth-order valence-corrected chi connectivity index (χ4v) is 3.25. The van der Waals surface area contributed by atoms with Gasteiger partial charge in [0.2, 0.25) is 5.91 Å². The summed E-state index contributed by atoms with van der Waals surface area (Å²) in [6, 6.07) is 17.3. The second-order valence-corrected chi connectivity index (χ2v) is 7.63. The van der Waals surface area contributed by atoms with Gasteiger partial charge in [-0.15, -0.1) is 0 Å². The molecule has 1 amide bonds. The third-order valence-electron chi connectivity index (χ3n) is 4.94. The first-order valence-corrected chi connectivity index (χ1v) is 10.6. The van der Waals surface area contributed by atoms with Crippen molar-refractivity contribution >= 4 is 12.0 Å². The Morgan fingerprint density at radius 2 is 1.91 bits per heavy atom. The Morgan fingerprint density at radius 1 is 1.06 bits per heavy atom. The highest BCUT2D eigenvalue weighted by Gasteiger charge is 2.05. The Balaban J connectivity index is 1.25. The van der Waals surface area contributed by atoms with Crippen LogP contribution in [0.15, 0.2) is 79.3 Å². The van der Waals surface area contributed by atoms with Crippen molar-refractivity contribution in [3.63, 3.8) is 0 Å². The molecule has 33 heavy (non-hydrogen) atoms. The first kappa shape index (κ1) is 22.0. The zero-order valence-corrected chi connectivity index (χ0v) is 18.6. The fourth-order valence-electron chi connectivity index (χ4n) is 3.25. The maximum atomic E-state index is 12.2. The van der Waals surface area contributed by atoms with E-state index in [9.17, 15) is 4.79 Å². The first-order chi connectivity index (χ1) is 16.1. The Bertz CT molecular complexity index is 1230. The van der Waals surface area contributed by atoms with Gasteiger partial charge in [-0.3, -0.25) is 9.78 Å². The van der Waals surface area contributed by atoms with E-state index in [4.69, 9.17) is 4.74 Å². The van der Waals surface area contributed by atoms with Crippen LogP contribution in [0.5, 0.6) is 5.75 Å². The van der Waals surface area contributed by atoms with Crippen LogP contribution >= 0.6 is 0 Å². The summed E-state index contributed by atoms with van der Waals surface area (Å²) in [6.45, 7) is 4.80. The van der Waals surface area contributed by atoms with Gasteiger partial charge in [0.25, 0.3) is 0 Å². The highest BCUT2D eigenvalue weighted by Crippen LogP contribution is 2.15. The number of aromatic nitrogens is 4. The molecule has 0 atom stereocenters. The van der Waals surface area contributed by atoms with Gasteiger partial charge in [-0.1, -0.05) is 24.3 Å². The second kappa shape index (κ2) is 10.4. The molecule has 7 heteroatoms. The van der Waals surface area contributed by atoms with Crippen LogP contribution in [0, 0.1) is 13.8 Å². The van der Waals surface area contributed by atoms with Crippen LogP contribution in [0.1, 0.15) is 28.1 Å². The van der Waals surface area contributed by atoms with E-state index in [1.807, 2.05) is 68.4 Å². The van der Waals surface area contributed by atoms with Crippen LogP contribution in [-0.4, -0.2) is 25.7 Å². The van der Waals surface area contributed by atoms with Gasteiger partial charge in [-0.2, -0.15) is 5.10 Å². The smallest absolute Gasteiger partial charge is 0.244 e. The molecule has 0 spiro atoms. The molecule has 4 aromatic rings. The third kappa shape index (κ3) is 6.13. The predicted octanol–water partition coefficient (Wildman–Crippen LogP) is 4.19. The lowest BCUT2D eigenvalue weighted by Crippen LogP contribution is -2.20. The van der Waals surface area contributed by atoms with Crippen LogP contribution in [0.3, 0.4) is 0 Å². The number of amides is 1. The largest absolute Gasteiger partial charge is 0.489 e. The summed E-state index contributed by atoms with van der Waals surface area (Å²) in [7, 11) is 0. The van der Waals surface area contributed by atoms with Gasteiger partial charge in [-0.05, 0) is 61.4 Å². The number of rotatable bonds is 8. The van der Waals surface area contributed by atoms with Crippen molar-refractivity contribution in [2.75, 3.05) is 0 Å². The molecule has 3 heterocycles. The molecule has 0 saturated heterocycles. The van der Waals surface area contributed by atoms with Gasteiger partial charge in [0, 0.05) is 42.5 Å². The third-order valence-corrected chi connectivity index (χ3v) is 4.94. The maximum Gasteiger partial charge on any atom is 0.244 e. The van der Waals surface area contributed by atoms with Crippen molar-refractivity contribution in [1.29, 1.82) is 0 Å². The molecule has 7 nitrogen and oxygen atoms in total. The maximum absolute atomic E-state index is 12.2. The van der Waals surface area contributed by atoms with Crippen molar-refractivity contribution in [1.82, 2.24) is 25.1 Å². The number of nitrogens with one attached hydrogen (secondary N) is 1. The number of aryl methyl sites for hydroxylation is 2. The number of ether oxygens (including phenoxy) is 1. The van der Waals surface area contributed by atoms with Crippen LogP contribution in [0.2, 0.25) is 0 Å². The monoisotopic (exact) mass is 439 g/mol. The average Bonchev–Trinajstić information content (AvgIpc) is 3.19. The van der Waals surface area contributed by atoms with Crippen LogP contribution in [-0.2, 0) is 17.9 Å². The minimum Gasteiger partial charge on any atom is -0.489 e. The topological polar surface area (TPSA) is 81.9 Å². The lowest BCUT2D eigenvalue weighted by atomic mass is 10.2. The van der Waals surface area contributed by atoms with Crippen molar-refractivity contribution in [2.24, 2.45) is 0 Å². The molecular weight excluding hydrogens is 414 g/mol. The van der Waals surface area contributed by atoms with Gasteiger partial charge < -0.3 is 10.1 Å². The standard InChI is InChI=1S/C26H25N5O2/c1-19-14-20(2)31(30-19)25-11-7-22(16-28-25)17-29-26(32)12-8-21-5-9-24(10-6-21)33-18-23-4-3-13-27-15-23/h3-16H,17-18H2,1-2H3,(H,29,32)/b12-8+. The summed E-state index contributed by atoms with van der Waals surface area (Å²) >= 11 is 0. The lowest BCUT2D eigenvalue weighted by molar-refractivity contribution is -0.116. The molecule has 0 unspecified atom stereocenters. The van der Waals surface area contributed by atoms with E-state index in [0.717, 1.165) is 39.6 Å². The number of hydrogen-bond donors (Lipinski definition) is 1. The van der Waals surface area contributed by atoms with Crippen LogP contribution in [0.25, 0.3) is 11.9 Å². The molecule has 1 aromatic carbocycles.